The molecule has 2 nitrogen and oxygen atoms in total. The molecule has 1 aromatic rings. The fraction of sp³-hybridized carbons (Fsp3) is 0.571. The second kappa shape index (κ2) is 7.00. The summed E-state index contributed by atoms with van der Waals surface area (Å²) >= 11 is 6.07. The van der Waals surface area contributed by atoms with Gasteiger partial charge in [-0.15, -0.1) is 0 Å². The van der Waals surface area contributed by atoms with Gasteiger partial charge in [0.2, 0.25) is 0 Å². The number of nitrogens with zero attached hydrogens (tertiary/aromatic N) is 1. The van der Waals surface area contributed by atoms with E-state index in [1.807, 2.05) is 18.2 Å². The molecule has 0 bridgehead atoms. The molecule has 17 heavy (non-hydrogen) atoms. The number of nitrogens with two attached hydrogens (primary N) is 1. The van der Waals surface area contributed by atoms with Gasteiger partial charge in [0.05, 0.1) is 0 Å². The van der Waals surface area contributed by atoms with E-state index in [0.717, 1.165) is 24.5 Å². The van der Waals surface area contributed by atoms with Crippen LogP contribution >= 0.6 is 11.6 Å². The Kier molecular flexibility index (Phi) is 5.96. The normalized spacial score (nSPS) is 14.9. The van der Waals surface area contributed by atoms with Crippen LogP contribution in [-0.2, 0) is 0 Å². The Hall–Kier alpha value is -0.570. The van der Waals surface area contributed by atoms with Gasteiger partial charge in [0.1, 0.15) is 0 Å². The van der Waals surface area contributed by atoms with Crippen LogP contribution in [0.3, 0.4) is 0 Å². The average Bonchev–Trinajstić information content (AvgIpc) is 2.34. The molecule has 0 amide bonds. The second-order valence-corrected chi connectivity index (χ2v) is 4.73. The van der Waals surface area contributed by atoms with Crippen molar-refractivity contribution in [2.45, 2.75) is 39.3 Å². The highest BCUT2D eigenvalue weighted by Crippen LogP contribution is 2.26. The molecule has 2 atom stereocenters. The molecule has 0 aromatic heterocycles. The van der Waals surface area contributed by atoms with Crippen molar-refractivity contribution in [2.24, 2.45) is 5.73 Å². The summed E-state index contributed by atoms with van der Waals surface area (Å²) in [6.07, 6.45) is 0.966. The summed E-state index contributed by atoms with van der Waals surface area (Å²) in [4.78, 5) is 2.39. The first-order valence-corrected chi connectivity index (χ1v) is 6.76. The van der Waals surface area contributed by atoms with Crippen molar-refractivity contribution in [1.82, 2.24) is 4.90 Å². The lowest BCUT2D eigenvalue weighted by Crippen LogP contribution is -2.40. The van der Waals surface area contributed by atoms with Gasteiger partial charge >= 0.3 is 0 Å². The van der Waals surface area contributed by atoms with Crippen molar-refractivity contribution >= 4 is 11.6 Å². The quantitative estimate of drug-likeness (QED) is 0.843. The lowest BCUT2D eigenvalue weighted by molar-refractivity contribution is 0.187. The molecule has 0 aliphatic rings. The zero-order valence-corrected chi connectivity index (χ0v) is 11.7. The van der Waals surface area contributed by atoms with E-state index in [9.17, 15) is 0 Å². The lowest BCUT2D eigenvalue weighted by atomic mass is 9.96. The zero-order chi connectivity index (χ0) is 12.8. The van der Waals surface area contributed by atoms with Crippen LogP contribution < -0.4 is 5.73 Å². The molecule has 96 valence electrons. The highest BCUT2D eigenvalue weighted by atomic mass is 35.5. The third-order valence-corrected chi connectivity index (χ3v) is 3.51. The maximum Gasteiger partial charge on any atom is 0.0499 e. The van der Waals surface area contributed by atoms with Crippen molar-refractivity contribution in [2.75, 3.05) is 13.1 Å². The van der Waals surface area contributed by atoms with E-state index in [1.165, 1.54) is 5.56 Å². The van der Waals surface area contributed by atoms with Gasteiger partial charge in [0.25, 0.3) is 0 Å². The summed E-state index contributed by atoms with van der Waals surface area (Å²) in [5.74, 6) is 0. The van der Waals surface area contributed by atoms with E-state index in [0.29, 0.717) is 0 Å². The molecular weight excluding hydrogens is 232 g/mol. The molecule has 0 aliphatic heterocycles. The number of rotatable bonds is 6. The Balaban J connectivity index is 3.05. The molecule has 2 N–H and O–H groups in total. The largest absolute Gasteiger partial charge is 0.326 e. The Morgan fingerprint density at radius 2 is 1.88 bits per heavy atom. The highest BCUT2D eigenvalue weighted by Gasteiger charge is 2.23. The number of benzene rings is 1. The van der Waals surface area contributed by atoms with Crippen molar-refractivity contribution in [3.8, 4) is 0 Å². The first-order valence-electron chi connectivity index (χ1n) is 6.39. The first kappa shape index (κ1) is 14.5. The van der Waals surface area contributed by atoms with Crippen LogP contribution in [0.15, 0.2) is 24.3 Å². The van der Waals surface area contributed by atoms with Crippen molar-refractivity contribution in [1.29, 1.82) is 0 Å². The molecule has 3 heteroatoms. The minimum atomic E-state index is 0.147. The molecule has 0 saturated heterocycles. The summed E-state index contributed by atoms with van der Waals surface area (Å²) in [5.41, 5.74) is 7.48. The van der Waals surface area contributed by atoms with Gasteiger partial charge in [-0.25, -0.2) is 0 Å². The number of halogens is 1. The molecule has 0 radical (unpaired) electrons. The fourth-order valence-corrected chi connectivity index (χ4v) is 2.46. The monoisotopic (exact) mass is 254 g/mol. The second-order valence-electron chi connectivity index (χ2n) is 4.29. The van der Waals surface area contributed by atoms with Gasteiger partial charge in [-0.2, -0.15) is 0 Å². The van der Waals surface area contributed by atoms with Crippen LogP contribution in [-0.4, -0.2) is 24.0 Å². The number of hydrogen-bond donors (Lipinski definition) is 1. The molecule has 1 aromatic carbocycles. The van der Waals surface area contributed by atoms with E-state index in [4.69, 9.17) is 17.3 Å². The summed E-state index contributed by atoms with van der Waals surface area (Å²) in [7, 11) is 0. The summed E-state index contributed by atoms with van der Waals surface area (Å²) in [6, 6.07) is 8.45. The molecule has 2 unspecified atom stereocenters. The Labute approximate surface area is 110 Å². The predicted octanol–water partition coefficient (Wildman–Crippen LogP) is 3.46. The van der Waals surface area contributed by atoms with Gasteiger partial charge in [-0.05, 0) is 37.2 Å². The maximum absolute atomic E-state index is 6.27. The van der Waals surface area contributed by atoms with E-state index in [1.54, 1.807) is 0 Å². The number of hydrogen-bond acceptors (Lipinski definition) is 2. The summed E-state index contributed by atoms with van der Waals surface area (Å²) in [6.45, 7) is 8.47. The number of likely N-dealkylation sites (N-methyl/N-ethyl adjacent to an activating group) is 1. The molecule has 0 fully saturated rings. The van der Waals surface area contributed by atoms with Crippen LogP contribution in [0.2, 0.25) is 5.02 Å². The molecule has 0 heterocycles. The van der Waals surface area contributed by atoms with Crippen LogP contribution in [0.5, 0.6) is 0 Å². The zero-order valence-electron chi connectivity index (χ0n) is 11.0. The summed E-state index contributed by atoms with van der Waals surface area (Å²) in [5, 5.41) is 0.781. The van der Waals surface area contributed by atoms with Crippen molar-refractivity contribution < 1.29 is 0 Å². The van der Waals surface area contributed by atoms with Crippen LogP contribution in [0.1, 0.15) is 38.8 Å². The summed E-state index contributed by atoms with van der Waals surface area (Å²) < 4.78 is 0. The molecule has 0 aliphatic carbocycles. The Morgan fingerprint density at radius 1 is 1.24 bits per heavy atom. The minimum absolute atomic E-state index is 0.147. The van der Waals surface area contributed by atoms with Crippen molar-refractivity contribution in [3.05, 3.63) is 34.9 Å². The first-order chi connectivity index (χ1) is 8.13. The van der Waals surface area contributed by atoms with Crippen LogP contribution in [0.4, 0.5) is 0 Å². The van der Waals surface area contributed by atoms with Gasteiger partial charge < -0.3 is 5.73 Å². The van der Waals surface area contributed by atoms with E-state index < -0.39 is 0 Å². The molecule has 0 saturated carbocycles. The Morgan fingerprint density at radius 3 is 2.35 bits per heavy atom. The van der Waals surface area contributed by atoms with E-state index in [2.05, 4.69) is 31.7 Å². The van der Waals surface area contributed by atoms with Crippen LogP contribution in [0.25, 0.3) is 0 Å². The standard InChI is InChI=1S/C14H23ClN2/c1-4-13(16)14(17(5-2)6-3)11-8-7-9-12(15)10-11/h7-10,13-14H,4-6,16H2,1-3H3. The maximum atomic E-state index is 6.27. The topological polar surface area (TPSA) is 29.3 Å². The van der Waals surface area contributed by atoms with E-state index >= 15 is 0 Å². The highest BCUT2D eigenvalue weighted by molar-refractivity contribution is 6.30. The van der Waals surface area contributed by atoms with E-state index in [-0.39, 0.29) is 12.1 Å². The predicted molar refractivity (Wildman–Crippen MR) is 75.4 cm³/mol. The molecule has 0 spiro atoms. The van der Waals surface area contributed by atoms with Gasteiger partial charge in [0.15, 0.2) is 0 Å². The fourth-order valence-electron chi connectivity index (χ4n) is 2.26. The lowest BCUT2D eigenvalue weighted by Gasteiger charge is -2.34. The SMILES string of the molecule is CCC(N)C(c1cccc(Cl)c1)N(CC)CC. The third kappa shape index (κ3) is 3.70. The van der Waals surface area contributed by atoms with Crippen molar-refractivity contribution in [3.63, 3.8) is 0 Å². The van der Waals surface area contributed by atoms with Crippen LogP contribution in [0, 0.1) is 0 Å². The smallest absolute Gasteiger partial charge is 0.0499 e. The van der Waals surface area contributed by atoms with Gasteiger partial charge in [-0.3, -0.25) is 4.90 Å². The molecule has 1 rings (SSSR count). The minimum Gasteiger partial charge on any atom is -0.326 e. The third-order valence-electron chi connectivity index (χ3n) is 3.27. The average molecular weight is 255 g/mol. The van der Waals surface area contributed by atoms with Gasteiger partial charge in [-0.1, -0.05) is 44.5 Å². The van der Waals surface area contributed by atoms with Gasteiger partial charge in [0, 0.05) is 17.1 Å². The molecular formula is C14H23ClN2. The Bertz CT molecular complexity index is 337.